The molecule has 0 fully saturated rings. The number of aliphatic imine (C=N–C) groups is 1. The van der Waals surface area contributed by atoms with Crippen LogP contribution in [0.2, 0.25) is 0 Å². The van der Waals surface area contributed by atoms with Gasteiger partial charge in [0.05, 0.1) is 5.56 Å². The van der Waals surface area contributed by atoms with Crippen LogP contribution in [-0.4, -0.2) is 24.3 Å². The second kappa shape index (κ2) is 9.93. The van der Waals surface area contributed by atoms with E-state index in [2.05, 4.69) is 47.2 Å². The normalized spacial score (nSPS) is 13.5. The summed E-state index contributed by atoms with van der Waals surface area (Å²) in [6.45, 7) is 2.87. The maximum absolute atomic E-state index is 9.93. The van der Waals surface area contributed by atoms with Crippen molar-refractivity contribution in [2.24, 2.45) is 4.99 Å². The summed E-state index contributed by atoms with van der Waals surface area (Å²) in [5.74, 6) is 3.21. The van der Waals surface area contributed by atoms with Crippen LogP contribution in [-0.2, 0) is 19.5 Å². The highest BCUT2D eigenvalue weighted by Gasteiger charge is 2.24. The van der Waals surface area contributed by atoms with Gasteiger partial charge in [0.1, 0.15) is 23.4 Å². The summed E-state index contributed by atoms with van der Waals surface area (Å²) < 4.78 is 5.80. The van der Waals surface area contributed by atoms with Crippen LogP contribution in [0.3, 0.4) is 0 Å². The molecule has 5 rings (SSSR count). The number of nitriles is 1. The molecule has 0 saturated heterocycles. The van der Waals surface area contributed by atoms with Gasteiger partial charge in [-0.15, -0.1) is 17.8 Å². The third-order valence-electron chi connectivity index (χ3n) is 6.03. The van der Waals surface area contributed by atoms with Gasteiger partial charge in [-0.25, -0.2) is 4.99 Å². The highest BCUT2D eigenvalue weighted by atomic mass is 32.1. The summed E-state index contributed by atoms with van der Waals surface area (Å²) in [7, 11) is 0. The minimum absolute atomic E-state index is 0.188. The summed E-state index contributed by atoms with van der Waals surface area (Å²) in [6, 6.07) is 25.0. The highest BCUT2D eigenvalue weighted by molar-refractivity contribution is 7.16. The van der Waals surface area contributed by atoms with Crippen LogP contribution < -0.4 is 4.74 Å². The number of terminal acetylenes is 1. The number of fused-ring (bicyclic) bond motifs is 2. The monoisotopic (exact) mass is 461 g/mol. The van der Waals surface area contributed by atoms with E-state index in [-0.39, 0.29) is 6.61 Å². The van der Waals surface area contributed by atoms with Crippen LogP contribution in [0.4, 0.5) is 5.00 Å². The molecule has 1 aromatic heterocycles. The lowest BCUT2D eigenvalue weighted by Gasteiger charge is -2.26. The molecule has 4 nitrogen and oxygen atoms in total. The van der Waals surface area contributed by atoms with Crippen LogP contribution in [0, 0.1) is 23.7 Å². The summed E-state index contributed by atoms with van der Waals surface area (Å²) in [4.78, 5) is 8.46. The fraction of sp³-hybridized carbons (Fsp3) is 0.172. The van der Waals surface area contributed by atoms with Crippen molar-refractivity contribution in [1.29, 1.82) is 5.26 Å². The van der Waals surface area contributed by atoms with Crippen LogP contribution in [0.25, 0.3) is 10.8 Å². The molecular weight excluding hydrogens is 438 g/mol. The Kier molecular flexibility index (Phi) is 6.40. The van der Waals surface area contributed by atoms with Crippen molar-refractivity contribution in [3.05, 3.63) is 93.9 Å². The molecule has 0 unspecified atom stereocenters. The molecule has 0 amide bonds. The smallest absolute Gasteiger partial charge is 0.148 e. The number of thiophene rings is 1. The first-order valence-electron chi connectivity index (χ1n) is 11.2. The fourth-order valence-electron chi connectivity index (χ4n) is 4.40. The fourth-order valence-corrected chi connectivity index (χ4v) is 5.59. The van der Waals surface area contributed by atoms with Crippen LogP contribution >= 0.6 is 11.3 Å². The Hall–Kier alpha value is -3.90. The van der Waals surface area contributed by atoms with Crippen molar-refractivity contribution in [3.63, 3.8) is 0 Å². The molecule has 1 aliphatic rings. The zero-order valence-corrected chi connectivity index (χ0v) is 19.5. The Morgan fingerprint density at radius 3 is 2.74 bits per heavy atom. The van der Waals surface area contributed by atoms with E-state index >= 15 is 0 Å². The molecule has 0 radical (unpaired) electrons. The first-order valence-corrected chi connectivity index (χ1v) is 12.0. The maximum atomic E-state index is 9.93. The number of rotatable bonds is 6. The Morgan fingerprint density at radius 2 is 1.91 bits per heavy atom. The molecule has 166 valence electrons. The zero-order valence-electron chi connectivity index (χ0n) is 18.7. The topological polar surface area (TPSA) is 48.6 Å². The van der Waals surface area contributed by atoms with Gasteiger partial charge in [-0.3, -0.25) is 4.90 Å². The third kappa shape index (κ3) is 4.45. The predicted molar refractivity (Wildman–Crippen MR) is 139 cm³/mol. The van der Waals surface area contributed by atoms with Gasteiger partial charge in [0, 0.05) is 36.3 Å². The van der Waals surface area contributed by atoms with Crippen molar-refractivity contribution < 1.29 is 4.74 Å². The van der Waals surface area contributed by atoms with E-state index in [1.807, 2.05) is 42.6 Å². The predicted octanol–water partition coefficient (Wildman–Crippen LogP) is 6.09. The van der Waals surface area contributed by atoms with E-state index in [0.29, 0.717) is 11.3 Å². The van der Waals surface area contributed by atoms with E-state index in [4.69, 9.17) is 16.2 Å². The molecule has 0 aliphatic carbocycles. The number of benzene rings is 3. The second-order valence-electron chi connectivity index (χ2n) is 8.19. The van der Waals surface area contributed by atoms with Gasteiger partial charge in [0.15, 0.2) is 0 Å². The van der Waals surface area contributed by atoms with E-state index in [0.717, 1.165) is 53.0 Å². The van der Waals surface area contributed by atoms with E-state index in [1.165, 1.54) is 10.4 Å². The SMILES string of the molecule is C#CCOc1ccc2ccccc2c1C=Nc1sc2c(c1C#N)CCN(Cc1ccccc1)C2. The summed E-state index contributed by atoms with van der Waals surface area (Å²) in [5.41, 5.74) is 4.01. The Bertz CT molecular complexity index is 1440. The molecule has 1 aliphatic heterocycles. The van der Waals surface area contributed by atoms with E-state index in [1.54, 1.807) is 11.3 Å². The van der Waals surface area contributed by atoms with Gasteiger partial charge < -0.3 is 4.74 Å². The molecule has 3 aromatic carbocycles. The third-order valence-corrected chi connectivity index (χ3v) is 7.16. The average Bonchev–Trinajstić information content (AvgIpc) is 3.23. The molecule has 2 heterocycles. The van der Waals surface area contributed by atoms with Gasteiger partial charge >= 0.3 is 0 Å². The highest BCUT2D eigenvalue weighted by Crippen LogP contribution is 2.39. The van der Waals surface area contributed by atoms with Gasteiger partial charge in [-0.1, -0.05) is 66.6 Å². The van der Waals surface area contributed by atoms with Crippen LogP contribution in [0.1, 0.15) is 27.1 Å². The zero-order chi connectivity index (χ0) is 23.3. The minimum atomic E-state index is 0.188. The van der Waals surface area contributed by atoms with Crippen LogP contribution in [0.15, 0.2) is 71.7 Å². The summed E-state index contributed by atoms with van der Waals surface area (Å²) in [5, 5.41) is 12.8. The quantitative estimate of drug-likeness (QED) is 0.258. The van der Waals surface area contributed by atoms with Gasteiger partial charge in [0.25, 0.3) is 0 Å². The lowest BCUT2D eigenvalue weighted by atomic mass is 10.0. The van der Waals surface area contributed by atoms with Crippen molar-refractivity contribution in [2.45, 2.75) is 19.5 Å². The lowest BCUT2D eigenvalue weighted by molar-refractivity contribution is 0.249. The van der Waals surface area contributed by atoms with Crippen molar-refractivity contribution in [3.8, 4) is 24.2 Å². The average molecular weight is 462 g/mol. The van der Waals surface area contributed by atoms with E-state index in [9.17, 15) is 5.26 Å². The van der Waals surface area contributed by atoms with Gasteiger partial charge in [0.2, 0.25) is 0 Å². The lowest BCUT2D eigenvalue weighted by Crippen LogP contribution is -2.29. The summed E-state index contributed by atoms with van der Waals surface area (Å²) in [6.07, 6.45) is 8.09. The standard InChI is InChI=1S/C29H23N3OS/c1-2-16-33-27-13-12-22-10-6-7-11-23(22)26(27)18-31-29-25(17-30)24-14-15-32(20-28(24)34-29)19-21-8-4-3-5-9-21/h1,3-13,18H,14-16,19-20H2. The first kappa shape index (κ1) is 21.9. The first-order chi connectivity index (χ1) is 16.8. The molecule has 0 atom stereocenters. The Morgan fingerprint density at radius 1 is 1.09 bits per heavy atom. The molecule has 34 heavy (non-hydrogen) atoms. The number of hydrogen-bond donors (Lipinski definition) is 0. The summed E-state index contributed by atoms with van der Waals surface area (Å²) >= 11 is 1.61. The largest absolute Gasteiger partial charge is 0.480 e. The second-order valence-corrected chi connectivity index (χ2v) is 9.28. The number of nitrogens with zero attached hydrogens (tertiary/aromatic N) is 3. The molecule has 5 heteroatoms. The molecule has 0 saturated carbocycles. The Labute approximate surface area is 203 Å². The van der Waals surface area contributed by atoms with Gasteiger partial charge in [-0.05, 0) is 34.4 Å². The number of ether oxygens (including phenoxy) is 1. The van der Waals surface area contributed by atoms with Crippen molar-refractivity contribution >= 4 is 33.3 Å². The molecule has 4 aromatic rings. The number of hydrogen-bond acceptors (Lipinski definition) is 5. The molecule has 0 bridgehead atoms. The Balaban J connectivity index is 1.46. The maximum Gasteiger partial charge on any atom is 0.148 e. The van der Waals surface area contributed by atoms with Crippen LogP contribution in [0.5, 0.6) is 5.75 Å². The van der Waals surface area contributed by atoms with Crippen molar-refractivity contribution in [1.82, 2.24) is 4.90 Å². The minimum Gasteiger partial charge on any atom is -0.480 e. The molecule has 0 N–H and O–H groups in total. The van der Waals surface area contributed by atoms with Gasteiger partial charge in [-0.2, -0.15) is 5.26 Å². The molecular formula is C29H23N3OS. The van der Waals surface area contributed by atoms with Crippen molar-refractivity contribution in [2.75, 3.05) is 13.2 Å². The molecule has 0 spiro atoms. The van der Waals surface area contributed by atoms with E-state index < -0.39 is 0 Å².